The molecular formula is C21H26N2O6. The summed E-state index contributed by atoms with van der Waals surface area (Å²) in [6.07, 6.45) is -1.01. The summed E-state index contributed by atoms with van der Waals surface area (Å²) in [4.78, 5) is 11.6. The van der Waals surface area contributed by atoms with E-state index in [0.29, 0.717) is 48.3 Å². The third kappa shape index (κ3) is 5.10. The van der Waals surface area contributed by atoms with E-state index in [-0.39, 0.29) is 18.2 Å². The molecule has 0 bridgehead atoms. The molecule has 1 amide bonds. The van der Waals surface area contributed by atoms with Gasteiger partial charge in [-0.2, -0.15) is 0 Å². The minimum absolute atomic E-state index is 0.190. The number of ether oxygens (including phenoxy) is 4. The van der Waals surface area contributed by atoms with Crippen LogP contribution in [0.5, 0.6) is 23.0 Å². The fourth-order valence-electron chi connectivity index (χ4n) is 3.05. The van der Waals surface area contributed by atoms with Crippen molar-refractivity contribution in [2.75, 3.05) is 33.4 Å². The normalized spacial score (nSPS) is 16.2. The molecule has 1 aliphatic heterocycles. The number of amides is 1. The van der Waals surface area contributed by atoms with E-state index in [9.17, 15) is 9.90 Å². The number of primary amides is 1. The van der Waals surface area contributed by atoms with Crippen molar-refractivity contribution in [3.05, 3.63) is 47.5 Å². The summed E-state index contributed by atoms with van der Waals surface area (Å²) in [5.41, 5.74) is 6.24. The Kier molecular flexibility index (Phi) is 6.79. The van der Waals surface area contributed by atoms with Gasteiger partial charge in [-0.25, -0.2) is 0 Å². The monoisotopic (exact) mass is 402 g/mol. The standard InChI is InChI=1S/C21H26N2O6/c1-3-27-18-6-4-13(8-16(18)21(22)25)17(24)11-23-10-15-12-28-20-9-14(26-2)5-7-19(20)29-15/h4-9,15,17,23-24H,3,10-12H2,1-2H3,(H2,22,25). The third-order valence-corrected chi connectivity index (χ3v) is 4.53. The predicted octanol–water partition coefficient (Wildman–Crippen LogP) is 1.66. The number of aliphatic hydroxyl groups excluding tert-OH is 1. The average molecular weight is 402 g/mol. The molecule has 2 atom stereocenters. The van der Waals surface area contributed by atoms with Gasteiger partial charge in [0.05, 0.1) is 25.4 Å². The zero-order valence-electron chi connectivity index (χ0n) is 16.5. The highest BCUT2D eigenvalue weighted by molar-refractivity contribution is 5.95. The van der Waals surface area contributed by atoms with Crippen molar-refractivity contribution in [1.82, 2.24) is 5.32 Å². The third-order valence-electron chi connectivity index (χ3n) is 4.53. The van der Waals surface area contributed by atoms with Crippen molar-refractivity contribution in [3.8, 4) is 23.0 Å². The van der Waals surface area contributed by atoms with Gasteiger partial charge in [0.1, 0.15) is 24.2 Å². The van der Waals surface area contributed by atoms with Crippen LogP contribution in [0.15, 0.2) is 36.4 Å². The lowest BCUT2D eigenvalue weighted by molar-refractivity contribution is 0.0855. The zero-order valence-corrected chi connectivity index (χ0v) is 16.5. The largest absolute Gasteiger partial charge is 0.497 e. The number of carbonyl (C=O) groups excluding carboxylic acids is 1. The number of methoxy groups -OCH3 is 1. The van der Waals surface area contributed by atoms with Gasteiger partial charge >= 0.3 is 0 Å². The Labute approximate surface area is 169 Å². The Balaban J connectivity index is 1.54. The smallest absolute Gasteiger partial charge is 0.252 e. The van der Waals surface area contributed by atoms with Gasteiger partial charge < -0.3 is 35.1 Å². The van der Waals surface area contributed by atoms with Gasteiger partial charge in [-0.1, -0.05) is 6.07 Å². The van der Waals surface area contributed by atoms with E-state index in [1.807, 2.05) is 13.0 Å². The first-order valence-electron chi connectivity index (χ1n) is 9.44. The van der Waals surface area contributed by atoms with Gasteiger partial charge in [0.25, 0.3) is 5.91 Å². The first kappa shape index (κ1) is 20.8. The maximum Gasteiger partial charge on any atom is 0.252 e. The molecule has 0 spiro atoms. The number of carbonyl (C=O) groups is 1. The molecular weight excluding hydrogens is 376 g/mol. The summed E-state index contributed by atoms with van der Waals surface area (Å²) in [6.45, 7) is 3.40. The van der Waals surface area contributed by atoms with E-state index in [1.54, 1.807) is 37.4 Å². The number of fused-ring (bicyclic) bond motifs is 1. The van der Waals surface area contributed by atoms with Crippen molar-refractivity contribution in [2.45, 2.75) is 19.1 Å². The molecule has 1 aliphatic rings. The van der Waals surface area contributed by atoms with Crippen LogP contribution in [0.4, 0.5) is 0 Å². The fourth-order valence-corrected chi connectivity index (χ4v) is 3.05. The fraction of sp³-hybridized carbons (Fsp3) is 0.381. The molecule has 2 unspecified atom stereocenters. The molecule has 2 aromatic rings. The van der Waals surface area contributed by atoms with E-state index in [1.165, 1.54) is 0 Å². The van der Waals surface area contributed by atoms with E-state index < -0.39 is 12.0 Å². The van der Waals surface area contributed by atoms with Gasteiger partial charge in [0, 0.05) is 19.2 Å². The lowest BCUT2D eigenvalue weighted by Crippen LogP contribution is -2.39. The van der Waals surface area contributed by atoms with E-state index in [0.717, 1.165) is 0 Å². The van der Waals surface area contributed by atoms with Crippen LogP contribution in [0.2, 0.25) is 0 Å². The molecule has 2 aromatic carbocycles. The second kappa shape index (κ2) is 9.49. The van der Waals surface area contributed by atoms with Crippen LogP contribution < -0.4 is 30.0 Å². The minimum atomic E-state index is -0.815. The van der Waals surface area contributed by atoms with Gasteiger partial charge in [0.15, 0.2) is 11.5 Å². The minimum Gasteiger partial charge on any atom is -0.497 e. The number of nitrogens with one attached hydrogen (secondary N) is 1. The summed E-state index contributed by atoms with van der Waals surface area (Å²) in [7, 11) is 1.60. The van der Waals surface area contributed by atoms with Gasteiger partial charge in [0.2, 0.25) is 0 Å². The highest BCUT2D eigenvalue weighted by atomic mass is 16.6. The molecule has 0 saturated carbocycles. The summed E-state index contributed by atoms with van der Waals surface area (Å²) < 4.78 is 22.2. The lowest BCUT2D eigenvalue weighted by atomic mass is 10.0. The molecule has 0 fully saturated rings. The Hall–Kier alpha value is -2.97. The molecule has 8 nitrogen and oxygen atoms in total. The first-order valence-corrected chi connectivity index (χ1v) is 9.44. The van der Waals surface area contributed by atoms with Crippen molar-refractivity contribution in [2.24, 2.45) is 5.73 Å². The number of nitrogens with two attached hydrogens (primary N) is 1. The SMILES string of the molecule is CCOc1ccc(C(O)CNCC2COc3cc(OC)ccc3O2)cc1C(N)=O. The lowest BCUT2D eigenvalue weighted by Gasteiger charge is -2.27. The maximum atomic E-state index is 11.6. The van der Waals surface area contributed by atoms with Crippen molar-refractivity contribution in [1.29, 1.82) is 0 Å². The van der Waals surface area contributed by atoms with Gasteiger partial charge in [-0.3, -0.25) is 4.79 Å². The van der Waals surface area contributed by atoms with Crippen molar-refractivity contribution < 1.29 is 28.8 Å². The molecule has 1 heterocycles. The number of rotatable bonds is 9. The van der Waals surface area contributed by atoms with Crippen LogP contribution in [0.3, 0.4) is 0 Å². The molecule has 0 saturated heterocycles. The van der Waals surface area contributed by atoms with Crippen LogP contribution >= 0.6 is 0 Å². The predicted molar refractivity (Wildman–Crippen MR) is 107 cm³/mol. The van der Waals surface area contributed by atoms with E-state index >= 15 is 0 Å². The van der Waals surface area contributed by atoms with Gasteiger partial charge in [-0.05, 0) is 36.8 Å². The average Bonchev–Trinajstić information content (AvgIpc) is 2.73. The molecule has 0 radical (unpaired) electrons. The molecule has 8 heteroatoms. The van der Waals surface area contributed by atoms with Crippen molar-refractivity contribution >= 4 is 5.91 Å². The summed E-state index contributed by atoms with van der Waals surface area (Å²) in [5, 5.41) is 13.6. The van der Waals surface area contributed by atoms with Crippen LogP contribution in [0, 0.1) is 0 Å². The molecule has 4 N–H and O–H groups in total. The summed E-state index contributed by atoms with van der Waals surface area (Å²) in [5.74, 6) is 1.82. The Bertz CT molecular complexity index is 857. The quantitative estimate of drug-likeness (QED) is 0.585. The Morgan fingerprint density at radius 1 is 1.31 bits per heavy atom. The van der Waals surface area contributed by atoms with Gasteiger partial charge in [-0.15, -0.1) is 0 Å². The summed E-state index contributed by atoms with van der Waals surface area (Å²) >= 11 is 0. The highest BCUT2D eigenvalue weighted by Crippen LogP contribution is 2.34. The second-order valence-corrected chi connectivity index (χ2v) is 6.59. The molecule has 0 aliphatic carbocycles. The van der Waals surface area contributed by atoms with Crippen LogP contribution in [0.1, 0.15) is 28.9 Å². The highest BCUT2D eigenvalue weighted by Gasteiger charge is 2.22. The van der Waals surface area contributed by atoms with E-state index in [4.69, 9.17) is 24.7 Å². The van der Waals surface area contributed by atoms with Crippen LogP contribution in [-0.2, 0) is 0 Å². The van der Waals surface area contributed by atoms with Crippen LogP contribution in [0.25, 0.3) is 0 Å². The number of hydrogen-bond acceptors (Lipinski definition) is 7. The van der Waals surface area contributed by atoms with E-state index in [2.05, 4.69) is 5.32 Å². The van der Waals surface area contributed by atoms with Crippen molar-refractivity contribution in [3.63, 3.8) is 0 Å². The topological polar surface area (TPSA) is 112 Å². The first-order chi connectivity index (χ1) is 14.0. The summed E-state index contributed by atoms with van der Waals surface area (Å²) in [6, 6.07) is 10.3. The second-order valence-electron chi connectivity index (χ2n) is 6.59. The molecule has 29 heavy (non-hydrogen) atoms. The van der Waals surface area contributed by atoms with Crippen LogP contribution in [-0.4, -0.2) is 50.5 Å². The number of hydrogen-bond donors (Lipinski definition) is 3. The number of aliphatic hydroxyl groups is 1. The zero-order chi connectivity index (χ0) is 20.8. The number of benzene rings is 2. The Morgan fingerprint density at radius 2 is 2.14 bits per heavy atom. The molecule has 156 valence electrons. The molecule has 3 rings (SSSR count). The molecule has 0 aromatic heterocycles. The Morgan fingerprint density at radius 3 is 2.86 bits per heavy atom. The maximum absolute atomic E-state index is 11.6.